The van der Waals surface area contributed by atoms with Gasteiger partial charge in [0.25, 0.3) is 5.91 Å². The number of aliphatic hydroxyl groups is 1. The number of carboxylic acid groups (broad SMARTS) is 1. The van der Waals surface area contributed by atoms with Gasteiger partial charge in [-0.1, -0.05) is 18.2 Å². The quantitative estimate of drug-likeness (QED) is 0.405. The van der Waals surface area contributed by atoms with Crippen molar-refractivity contribution < 1.29 is 29.3 Å². The summed E-state index contributed by atoms with van der Waals surface area (Å²) in [6.07, 6.45) is 3.19. The van der Waals surface area contributed by atoms with E-state index < -0.39 is 23.7 Å². The summed E-state index contributed by atoms with van der Waals surface area (Å²) in [5, 5.41) is 25.9. The van der Waals surface area contributed by atoms with Gasteiger partial charge in [-0.25, -0.2) is 9.59 Å². The van der Waals surface area contributed by atoms with E-state index in [1.807, 2.05) is 20.8 Å². The maximum absolute atomic E-state index is 12.6. The van der Waals surface area contributed by atoms with E-state index in [2.05, 4.69) is 16.0 Å². The van der Waals surface area contributed by atoms with E-state index in [4.69, 9.17) is 14.9 Å². The van der Waals surface area contributed by atoms with Gasteiger partial charge < -0.3 is 25.6 Å². The van der Waals surface area contributed by atoms with E-state index in [1.165, 1.54) is 0 Å². The molecule has 0 atom stereocenters. The number of allylic oxidation sites excluding steroid dienone is 1. The zero-order valence-corrected chi connectivity index (χ0v) is 18.8. The molecule has 9 nitrogen and oxygen atoms in total. The molecule has 0 spiro atoms. The van der Waals surface area contributed by atoms with Crippen molar-refractivity contribution in [1.29, 1.82) is 0 Å². The number of nitrogens with one attached hydrogen (secondary N) is 3. The molecule has 0 radical (unpaired) electrons. The Balaban J connectivity index is 1.91. The van der Waals surface area contributed by atoms with E-state index >= 15 is 0 Å². The molecule has 0 unspecified atom stereocenters. The molecular weight excluding hydrogens is 414 g/mol. The van der Waals surface area contributed by atoms with Gasteiger partial charge in [-0.15, -0.1) is 0 Å². The molecule has 0 heterocycles. The minimum atomic E-state index is -1.31. The van der Waals surface area contributed by atoms with Crippen LogP contribution >= 0.6 is 0 Å². The average Bonchev–Trinajstić information content (AvgIpc) is 2.71. The first-order valence-corrected chi connectivity index (χ1v) is 10.8. The first-order valence-electron chi connectivity index (χ1n) is 10.8. The topological polar surface area (TPSA) is 137 Å². The Hall–Kier alpha value is -3.07. The molecule has 32 heavy (non-hydrogen) atoms. The van der Waals surface area contributed by atoms with Crippen LogP contribution in [0, 0.1) is 11.8 Å². The van der Waals surface area contributed by atoms with Crippen molar-refractivity contribution in [1.82, 2.24) is 10.6 Å². The lowest BCUT2D eigenvalue weighted by atomic mass is 9.81. The van der Waals surface area contributed by atoms with Crippen LogP contribution in [-0.4, -0.2) is 40.5 Å². The van der Waals surface area contributed by atoms with Crippen LogP contribution in [0.1, 0.15) is 52.0 Å². The molecule has 3 amide bonds. The SMILES string of the molecule is CC(C)(C)OC(=O)NC[C@H]1CC[C@H](C=C(NC(=O)O)C(=O)Nc2ccc(CO)cc2)CC1. The number of benzene rings is 1. The standard InChI is InChI=1S/C23H33N3O6/c1-23(2,3)32-22(31)24-13-16-6-4-15(5-7-16)12-19(26-21(29)30)20(28)25-18-10-8-17(14-27)9-11-18/h8-12,15-16,26-27H,4-7,13-14H2,1-3H3,(H,24,31)(H,25,28)(H,29,30)/t15-,16-. The van der Waals surface area contributed by atoms with Crippen LogP contribution in [0.2, 0.25) is 0 Å². The van der Waals surface area contributed by atoms with Gasteiger partial charge in [-0.3, -0.25) is 10.1 Å². The lowest BCUT2D eigenvalue weighted by Gasteiger charge is -2.28. The fourth-order valence-electron chi connectivity index (χ4n) is 3.52. The van der Waals surface area contributed by atoms with Crippen molar-refractivity contribution in [3.05, 3.63) is 41.6 Å². The molecule has 9 heteroatoms. The highest BCUT2D eigenvalue weighted by Crippen LogP contribution is 2.30. The van der Waals surface area contributed by atoms with Crippen molar-refractivity contribution in [2.24, 2.45) is 11.8 Å². The van der Waals surface area contributed by atoms with Gasteiger partial charge in [0.1, 0.15) is 11.3 Å². The van der Waals surface area contributed by atoms with Crippen LogP contribution in [0.5, 0.6) is 0 Å². The number of carbonyl (C=O) groups is 3. The number of rotatable bonds is 7. The van der Waals surface area contributed by atoms with Crippen LogP contribution in [0.15, 0.2) is 36.0 Å². The third-order valence-electron chi connectivity index (χ3n) is 5.11. The molecular formula is C23H33N3O6. The van der Waals surface area contributed by atoms with E-state index in [-0.39, 0.29) is 18.2 Å². The molecule has 1 fully saturated rings. The minimum Gasteiger partial charge on any atom is -0.465 e. The second-order valence-electron chi connectivity index (χ2n) is 8.98. The highest BCUT2D eigenvalue weighted by molar-refractivity contribution is 6.05. The number of alkyl carbamates (subject to hydrolysis) is 1. The number of hydrogen-bond acceptors (Lipinski definition) is 5. The average molecular weight is 448 g/mol. The third kappa shape index (κ3) is 8.97. The number of anilines is 1. The van der Waals surface area contributed by atoms with Gasteiger partial charge in [0.15, 0.2) is 0 Å². The number of hydrogen-bond donors (Lipinski definition) is 5. The van der Waals surface area contributed by atoms with Crippen LogP contribution in [0.4, 0.5) is 15.3 Å². The second kappa shape index (κ2) is 11.5. The Bertz CT molecular complexity index is 821. The summed E-state index contributed by atoms with van der Waals surface area (Å²) >= 11 is 0. The highest BCUT2D eigenvalue weighted by Gasteiger charge is 2.24. The highest BCUT2D eigenvalue weighted by atomic mass is 16.6. The predicted octanol–water partition coefficient (Wildman–Crippen LogP) is 3.60. The third-order valence-corrected chi connectivity index (χ3v) is 5.11. The monoisotopic (exact) mass is 447 g/mol. The minimum absolute atomic E-state index is 0.0148. The molecule has 2 rings (SSSR count). The van der Waals surface area contributed by atoms with Crippen LogP contribution < -0.4 is 16.0 Å². The Morgan fingerprint density at radius 3 is 2.25 bits per heavy atom. The molecule has 1 aromatic rings. The Labute approximate surface area is 188 Å². The lowest BCUT2D eigenvalue weighted by Crippen LogP contribution is -2.36. The van der Waals surface area contributed by atoms with Gasteiger partial charge in [-0.05, 0) is 76.0 Å². The molecule has 176 valence electrons. The van der Waals surface area contributed by atoms with Crippen molar-refractivity contribution in [2.45, 2.75) is 58.7 Å². The fraction of sp³-hybridized carbons (Fsp3) is 0.522. The largest absolute Gasteiger partial charge is 0.465 e. The Morgan fingerprint density at radius 1 is 1.09 bits per heavy atom. The summed E-state index contributed by atoms with van der Waals surface area (Å²) in [5.41, 5.74) is 0.656. The first-order chi connectivity index (χ1) is 15.1. The number of carbonyl (C=O) groups excluding carboxylic acids is 2. The zero-order chi connectivity index (χ0) is 23.7. The van der Waals surface area contributed by atoms with Crippen molar-refractivity contribution in [2.75, 3.05) is 11.9 Å². The van der Waals surface area contributed by atoms with E-state index in [0.717, 1.165) is 25.7 Å². The summed E-state index contributed by atoms with van der Waals surface area (Å²) < 4.78 is 5.25. The Kier molecular flexibility index (Phi) is 9.07. The zero-order valence-electron chi connectivity index (χ0n) is 18.8. The molecule has 0 aliphatic heterocycles. The van der Waals surface area contributed by atoms with E-state index in [9.17, 15) is 14.4 Å². The maximum Gasteiger partial charge on any atom is 0.409 e. The van der Waals surface area contributed by atoms with Crippen LogP contribution in [-0.2, 0) is 16.1 Å². The van der Waals surface area contributed by atoms with Crippen LogP contribution in [0.3, 0.4) is 0 Å². The summed E-state index contributed by atoms with van der Waals surface area (Å²) in [7, 11) is 0. The van der Waals surface area contributed by atoms with Crippen molar-refractivity contribution in [3.8, 4) is 0 Å². The van der Waals surface area contributed by atoms with E-state index in [1.54, 1.807) is 30.3 Å². The number of ether oxygens (including phenoxy) is 1. The van der Waals surface area contributed by atoms with Crippen molar-refractivity contribution >= 4 is 23.8 Å². The molecule has 0 bridgehead atoms. The number of aliphatic hydroxyl groups excluding tert-OH is 1. The molecule has 1 aliphatic carbocycles. The molecule has 0 aromatic heterocycles. The van der Waals surface area contributed by atoms with Crippen molar-refractivity contribution in [3.63, 3.8) is 0 Å². The molecule has 5 N–H and O–H groups in total. The molecule has 1 saturated carbocycles. The lowest BCUT2D eigenvalue weighted by molar-refractivity contribution is -0.113. The number of amides is 3. The second-order valence-corrected chi connectivity index (χ2v) is 8.98. The molecule has 1 aromatic carbocycles. The fourth-order valence-corrected chi connectivity index (χ4v) is 3.52. The van der Waals surface area contributed by atoms with Gasteiger partial charge in [0.05, 0.1) is 6.61 Å². The van der Waals surface area contributed by atoms with Gasteiger partial charge in [-0.2, -0.15) is 0 Å². The summed E-state index contributed by atoms with van der Waals surface area (Å²) in [4.78, 5) is 35.6. The Morgan fingerprint density at radius 2 is 1.72 bits per heavy atom. The smallest absolute Gasteiger partial charge is 0.409 e. The normalized spacial score (nSPS) is 19.1. The summed E-state index contributed by atoms with van der Waals surface area (Å²) in [5.74, 6) is -0.183. The summed E-state index contributed by atoms with van der Waals surface area (Å²) in [6, 6.07) is 6.64. The maximum atomic E-state index is 12.6. The predicted molar refractivity (Wildman–Crippen MR) is 120 cm³/mol. The van der Waals surface area contributed by atoms with Crippen LogP contribution in [0.25, 0.3) is 0 Å². The first kappa shape index (κ1) is 25.2. The summed E-state index contributed by atoms with van der Waals surface area (Å²) in [6.45, 7) is 5.86. The van der Waals surface area contributed by atoms with Gasteiger partial charge >= 0.3 is 12.2 Å². The van der Waals surface area contributed by atoms with Gasteiger partial charge in [0.2, 0.25) is 0 Å². The molecule has 0 saturated heterocycles. The van der Waals surface area contributed by atoms with E-state index in [0.29, 0.717) is 23.7 Å². The molecule has 1 aliphatic rings. The van der Waals surface area contributed by atoms with Gasteiger partial charge in [0, 0.05) is 12.2 Å².